The maximum Gasteiger partial charge on any atom is -0.0235 e. The molecule has 0 aromatic heterocycles. The van der Waals surface area contributed by atoms with E-state index in [2.05, 4.69) is 0 Å². The Labute approximate surface area is 63.0 Å². The summed E-state index contributed by atoms with van der Waals surface area (Å²) in [4.78, 5) is 0. The van der Waals surface area contributed by atoms with E-state index in [1.807, 2.05) is 0 Å². The van der Waals surface area contributed by atoms with Crippen LogP contribution in [0.1, 0.15) is 51.4 Å². The summed E-state index contributed by atoms with van der Waals surface area (Å²) in [5.74, 6) is 0. The lowest BCUT2D eigenvalue weighted by Gasteiger charge is -2.22. The van der Waals surface area contributed by atoms with E-state index in [9.17, 15) is 0 Å². The summed E-state index contributed by atoms with van der Waals surface area (Å²) in [6.07, 6.45) is 12.6. The van der Waals surface area contributed by atoms with Gasteiger partial charge in [0, 0.05) is 0 Å². The molecular formula is C10H16. The van der Waals surface area contributed by atoms with Crippen LogP contribution in [0.3, 0.4) is 0 Å². The molecule has 10 heavy (non-hydrogen) atoms. The van der Waals surface area contributed by atoms with Gasteiger partial charge in [-0.25, -0.2) is 0 Å². The van der Waals surface area contributed by atoms with E-state index in [1.54, 1.807) is 44.9 Å². The van der Waals surface area contributed by atoms with Crippen LogP contribution in [-0.2, 0) is 0 Å². The van der Waals surface area contributed by atoms with Crippen LogP contribution in [0.25, 0.3) is 0 Å². The van der Waals surface area contributed by atoms with Crippen molar-refractivity contribution in [2.24, 2.45) is 10.8 Å². The largest absolute Gasteiger partial charge is 0.0533 e. The quantitative estimate of drug-likeness (QED) is 0.480. The molecule has 0 unspecified atom stereocenters. The van der Waals surface area contributed by atoms with Crippen molar-refractivity contribution in [3.63, 3.8) is 0 Å². The molecule has 0 atom stereocenters. The van der Waals surface area contributed by atoms with Crippen LogP contribution in [0.5, 0.6) is 0 Å². The first-order chi connectivity index (χ1) is 4.87. The fraction of sp³-hybridized carbons (Fsp3) is 1.00. The summed E-state index contributed by atoms with van der Waals surface area (Å²) >= 11 is 0. The highest BCUT2D eigenvalue weighted by molar-refractivity contribution is 5.22. The van der Waals surface area contributed by atoms with E-state index in [1.165, 1.54) is 6.42 Å². The van der Waals surface area contributed by atoms with Gasteiger partial charge in [0.2, 0.25) is 0 Å². The fourth-order valence-electron chi connectivity index (χ4n) is 3.40. The second-order valence-corrected chi connectivity index (χ2v) is 4.80. The molecule has 0 aromatic carbocycles. The Morgan fingerprint density at radius 1 is 0.600 bits per heavy atom. The Bertz CT molecular complexity index is 159. The third-order valence-corrected chi connectivity index (χ3v) is 4.34. The maximum absolute atomic E-state index is 1.62. The Morgan fingerprint density at radius 2 is 1.20 bits per heavy atom. The van der Waals surface area contributed by atoms with Gasteiger partial charge in [0.05, 0.1) is 0 Å². The van der Waals surface area contributed by atoms with Crippen LogP contribution in [0.4, 0.5) is 0 Å². The van der Waals surface area contributed by atoms with Gasteiger partial charge in [0.1, 0.15) is 0 Å². The second-order valence-electron chi connectivity index (χ2n) is 4.80. The standard InChI is InChI=1S/C10H16/c1-2-4-9(5-3-1)8-10(9)6-7-10/h1-8H2. The van der Waals surface area contributed by atoms with E-state index in [-0.39, 0.29) is 0 Å². The van der Waals surface area contributed by atoms with Crippen LogP contribution >= 0.6 is 0 Å². The van der Waals surface area contributed by atoms with Gasteiger partial charge in [-0.3, -0.25) is 0 Å². The van der Waals surface area contributed by atoms with Gasteiger partial charge < -0.3 is 0 Å². The fourth-order valence-corrected chi connectivity index (χ4v) is 3.40. The van der Waals surface area contributed by atoms with Crippen molar-refractivity contribution >= 4 is 0 Å². The molecule has 3 rings (SSSR count). The molecule has 0 N–H and O–H groups in total. The van der Waals surface area contributed by atoms with Crippen LogP contribution in [0.2, 0.25) is 0 Å². The molecule has 0 heteroatoms. The third kappa shape index (κ3) is 0.500. The second kappa shape index (κ2) is 1.44. The molecule has 0 aromatic rings. The first kappa shape index (κ1) is 5.62. The predicted molar refractivity (Wildman–Crippen MR) is 41.8 cm³/mol. The van der Waals surface area contributed by atoms with Gasteiger partial charge in [-0.15, -0.1) is 0 Å². The summed E-state index contributed by atoms with van der Waals surface area (Å²) < 4.78 is 0. The summed E-state index contributed by atoms with van der Waals surface area (Å²) in [5.41, 5.74) is 1.90. The minimum absolute atomic E-state index is 0.936. The zero-order chi connectivity index (χ0) is 6.66. The van der Waals surface area contributed by atoms with Crippen LogP contribution in [0, 0.1) is 10.8 Å². The van der Waals surface area contributed by atoms with E-state index >= 15 is 0 Å². The van der Waals surface area contributed by atoms with Gasteiger partial charge in [-0.05, 0) is 42.9 Å². The van der Waals surface area contributed by atoms with Crippen LogP contribution in [0.15, 0.2) is 0 Å². The number of hydrogen-bond acceptors (Lipinski definition) is 0. The summed E-state index contributed by atoms with van der Waals surface area (Å²) in [5, 5.41) is 0. The van der Waals surface area contributed by atoms with Crippen molar-refractivity contribution in [1.29, 1.82) is 0 Å². The van der Waals surface area contributed by atoms with Gasteiger partial charge in [-0.1, -0.05) is 19.3 Å². The Balaban J connectivity index is 1.80. The van der Waals surface area contributed by atoms with Crippen molar-refractivity contribution in [3.05, 3.63) is 0 Å². The molecule has 0 amide bonds. The molecular weight excluding hydrogens is 120 g/mol. The maximum atomic E-state index is 1.62. The Kier molecular flexibility index (Phi) is 0.810. The summed E-state index contributed by atoms with van der Waals surface area (Å²) in [6, 6.07) is 0. The van der Waals surface area contributed by atoms with E-state index < -0.39 is 0 Å². The van der Waals surface area contributed by atoms with Gasteiger partial charge in [-0.2, -0.15) is 0 Å². The predicted octanol–water partition coefficient (Wildman–Crippen LogP) is 3.12. The molecule has 0 saturated heterocycles. The van der Waals surface area contributed by atoms with Gasteiger partial charge >= 0.3 is 0 Å². The molecule has 56 valence electrons. The lowest BCUT2D eigenvalue weighted by Crippen LogP contribution is -2.09. The minimum Gasteiger partial charge on any atom is -0.0533 e. The topological polar surface area (TPSA) is 0 Å². The van der Waals surface area contributed by atoms with Crippen molar-refractivity contribution in [2.45, 2.75) is 51.4 Å². The molecule has 3 aliphatic carbocycles. The molecule has 0 nitrogen and oxygen atoms in total. The monoisotopic (exact) mass is 136 g/mol. The van der Waals surface area contributed by atoms with Crippen LogP contribution < -0.4 is 0 Å². The number of hydrogen-bond donors (Lipinski definition) is 0. The normalized spacial score (nSPS) is 38.4. The molecule has 2 spiro atoms. The van der Waals surface area contributed by atoms with Crippen molar-refractivity contribution < 1.29 is 0 Å². The zero-order valence-electron chi connectivity index (χ0n) is 6.66. The molecule has 0 aliphatic heterocycles. The van der Waals surface area contributed by atoms with Crippen molar-refractivity contribution in [3.8, 4) is 0 Å². The molecule has 0 radical (unpaired) electrons. The highest BCUT2D eigenvalue weighted by Crippen LogP contribution is 2.82. The molecule has 3 aliphatic rings. The lowest BCUT2D eigenvalue weighted by atomic mass is 9.84. The first-order valence-electron chi connectivity index (χ1n) is 4.87. The van der Waals surface area contributed by atoms with E-state index in [4.69, 9.17) is 0 Å². The van der Waals surface area contributed by atoms with Crippen LogP contribution in [-0.4, -0.2) is 0 Å². The molecule has 3 saturated carbocycles. The molecule has 0 heterocycles. The number of rotatable bonds is 0. The third-order valence-electron chi connectivity index (χ3n) is 4.34. The summed E-state index contributed by atoms with van der Waals surface area (Å²) in [7, 11) is 0. The Morgan fingerprint density at radius 3 is 1.70 bits per heavy atom. The van der Waals surface area contributed by atoms with Gasteiger partial charge in [0.15, 0.2) is 0 Å². The average Bonchev–Trinajstić information content (AvgIpc) is 2.81. The van der Waals surface area contributed by atoms with Crippen molar-refractivity contribution in [2.75, 3.05) is 0 Å². The van der Waals surface area contributed by atoms with E-state index in [0.717, 1.165) is 10.8 Å². The Hall–Kier alpha value is 0. The molecule has 0 bridgehead atoms. The molecule has 3 fully saturated rings. The summed E-state index contributed by atoms with van der Waals surface area (Å²) in [6.45, 7) is 0. The highest BCUT2D eigenvalue weighted by atomic mass is 14.8. The smallest absolute Gasteiger partial charge is 0.0235 e. The minimum atomic E-state index is 0.936. The van der Waals surface area contributed by atoms with E-state index in [0.29, 0.717) is 0 Å². The highest BCUT2D eigenvalue weighted by Gasteiger charge is 2.72. The van der Waals surface area contributed by atoms with Gasteiger partial charge in [0.25, 0.3) is 0 Å². The average molecular weight is 136 g/mol. The van der Waals surface area contributed by atoms with Crippen molar-refractivity contribution in [1.82, 2.24) is 0 Å². The first-order valence-corrected chi connectivity index (χ1v) is 4.87. The zero-order valence-corrected chi connectivity index (χ0v) is 6.66. The SMILES string of the molecule is C1CCC2(CC1)CC21CC1. The lowest BCUT2D eigenvalue weighted by molar-refractivity contribution is 0.301. The number of fused-ring (bicyclic) bond motifs is 1.